The molecule has 0 aliphatic heterocycles. The van der Waals surface area contributed by atoms with Crippen LogP contribution in [0.5, 0.6) is 0 Å². The second kappa shape index (κ2) is 4.30. The molecule has 0 aliphatic rings. The molecule has 10 heavy (non-hydrogen) atoms. The van der Waals surface area contributed by atoms with Gasteiger partial charge in [-0.2, -0.15) is 0 Å². The summed E-state index contributed by atoms with van der Waals surface area (Å²) in [6.45, 7) is 1.85. The maximum absolute atomic E-state index is 9.33. The molecular formula is C7H15IOSn. The van der Waals surface area contributed by atoms with Gasteiger partial charge in [0.1, 0.15) is 0 Å². The molecule has 0 aliphatic carbocycles. The monoisotopic (exact) mass is 362 g/mol. The number of aliphatic hydroxyl groups is 1. The van der Waals surface area contributed by atoms with Crippen molar-refractivity contribution in [3.05, 3.63) is 7.67 Å². The third-order valence-corrected chi connectivity index (χ3v) is 10.3. The summed E-state index contributed by atoms with van der Waals surface area (Å²) in [5, 5.41) is 9.33. The predicted molar refractivity (Wildman–Crippen MR) is 57.1 cm³/mol. The molecule has 1 unspecified atom stereocenters. The Hall–Kier alpha value is 1.23. The van der Waals surface area contributed by atoms with Gasteiger partial charge in [0.15, 0.2) is 0 Å². The van der Waals surface area contributed by atoms with Crippen molar-refractivity contribution in [3.63, 3.8) is 0 Å². The molecule has 0 amide bonds. The second-order valence-corrected chi connectivity index (χ2v) is 18.6. The first-order chi connectivity index (χ1) is 4.39. The molecule has 0 aromatic carbocycles. The van der Waals surface area contributed by atoms with Crippen molar-refractivity contribution in [3.8, 4) is 0 Å². The van der Waals surface area contributed by atoms with E-state index in [1.807, 2.05) is 6.92 Å². The molecule has 3 heteroatoms. The van der Waals surface area contributed by atoms with Crippen LogP contribution in [0.4, 0.5) is 0 Å². The first kappa shape index (κ1) is 11.2. The van der Waals surface area contributed by atoms with Crippen LogP contribution in [0.2, 0.25) is 14.8 Å². The van der Waals surface area contributed by atoms with E-state index in [-0.39, 0.29) is 6.10 Å². The zero-order valence-electron chi connectivity index (χ0n) is 6.98. The van der Waals surface area contributed by atoms with Crippen LogP contribution in [0.25, 0.3) is 0 Å². The summed E-state index contributed by atoms with van der Waals surface area (Å²) in [4.78, 5) is 6.93. The average molecular weight is 361 g/mol. The molecule has 0 radical (unpaired) electrons. The van der Waals surface area contributed by atoms with Gasteiger partial charge in [0, 0.05) is 0 Å². The van der Waals surface area contributed by atoms with E-state index in [4.69, 9.17) is 0 Å². The van der Waals surface area contributed by atoms with E-state index in [0.29, 0.717) is 0 Å². The molecule has 1 nitrogen and oxygen atoms in total. The Kier molecular flexibility index (Phi) is 4.83. The van der Waals surface area contributed by atoms with Crippen molar-refractivity contribution < 1.29 is 5.11 Å². The minimum atomic E-state index is -1.93. The summed E-state index contributed by atoms with van der Waals surface area (Å²) in [6, 6.07) is 0. The van der Waals surface area contributed by atoms with Crippen LogP contribution >= 0.6 is 22.6 Å². The molecule has 0 fully saturated rings. The minimum absolute atomic E-state index is 0.229. The van der Waals surface area contributed by atoms with E-state index in [9.17, 15) is 5.11 Å². The molecule has 0 aromatic heterocycles. The Morgan fingerprint density at radius 1 is 1.50 bits per heavy atom. The van der Waals surface area contributed by atoms with E-state index in [0.717, 1.165) is 0 Å². The van der Waals surface area contributed by atoms with E-state index in [1.54, 1.807) is 0 Å². The third-order valence-electron chi connectivity index (χ3n) is 1.43. The Labute approximate surface area is 80.9 Å². The molecule has 0 aromatic rings. The zero-order valence-corrected chi connectivity index (χ0v) is 12.0. The van der Waals surface area contributed by atoms with E-state index >= 15 is 0 Å². The molecule has 60 valence electrons. The third kappa shape index (κ3) is 3.57. The van der Waals surface area contributed by atoms with Crippen molar-refractivity contribution in [1.29, 1.82) is 0 Å². The van der Waals surface area contributed by atoms with Gasteiger partial charge in [0.2, 0.25) is 0 Å². The van der Waals surface area contributed by atoms with Crippen molar-refractivity contribution in [2.24, 2.45) is 0 Å². The summed E-state index contributed by atoms with van der Waals surface area (Å²) in [7, 11) is 0. The number of rotatable bonds is 2. The summed E-state index contributed by atoms with van der Waals surface area (Å²) >= 11 is 0.289. The maximum atomic E-state index is 9.33. The van der Waals surface area contributed by atoms with E-state index in [2.05, 4.69) is 41.5 Å². The Morgan fingerprint density at radius 2 is 1.90 bits per heavy atom. The topological polar surface area (TPSA) is 20.2 Å². The summed E-state index contributed by atoms with van der Waals surface area (Å²) < 4.78 is 3.35. The van der Waals surface area contributed by atoms with Crippen LogP contribution in [0.15, 0.2) is 7.67 Å². The number of hydrogen-bond acceptors (Lipinski definition) is 1. The van der Waals surface area contributed by atoms with Gasteiger partial charge in [0.25, 0.3) is 0 Å². The van der Waals surface area contributed by atoms with Crippen molar-refractivity contribution in [2.45, 2.75) is 27.8 Å². The molecule has 1 atom stereocenters. The molecule has 0 saturated carbocycles. The normalized spacial score (nSPS) is 17.2. The molecular weight excluding hydrogens is 346 g/mol. The van der Waals surface area contributed by atoms with Crippen molar-refractivity contribution >= 4 is 41.0 Å². The van der Waals surface area contributed by atoms with E-state index in [1.165, 1.54) is 3.59 Å². The van der Waals surface area contributed by atoms with E-state index < -0.39 is 18.4 Å². The molecule has 0 saturated heterocycles. The predicted octanol–water partition coefficient (Wildman–Crippen LogP) is 2.56. The van der Waals surface area contributed by atoms with Gasteiger partial charge >= 0.3 is 81.6 Å². The van der Waals surface area contributed by atoms with Crippen LogP contribution in [-0.4, -0.2) is 29.6 Å². The van der Waals surface area contributed by atoms with Gasteiger partial charge in [-0.3, -0.25) is 0 Å². The Morgan fingerprint density at radius 3 is 1.90 bits per heavy atom. The molecule has 0 rings (SSSR count). The molecule has 0 bridgehead atoms. The van der Waals surface area contributed by atoms with Crippen molar-refractivity contribution in [1.82, 2.24) is 0 Å². The molecule has 0 heterocycles. The summed E-state index contributed by atoms with van der Waals surface area (Å²) in [5.74, 6) is 0. The average Bonchev–Trinajstić information content (AvgIpc) is 1.60. The van der Waals surface area contributed by atoms with Gasteiger partial charge in [-0.25, -0.2) is 0 Å². The van der Waals surface area contributed by atoms with Gasteiger partial charge in [-0.05, 0) is 0 Å². The standard InChI is InChI=1S/C4H6IO.3CH3.Sn/c1-4(6)2-3-5;;;;/h3-4,6H,1H3;3*1H3;. The van der Waals surface area contributed by atoms with Crippen LogP contribution < -0.4 is 0 Å². The SMILES string of the molecule is CC(O)/[C](=C/I)[Sn]([CH3])([CH3])[CH3]. The summed E-state index contributed by atoms with van der Waals surface area (Å²) in [5.41, 5.74) is 0. The summed E-state index contributed by atoms with van der Waals surface area (Å²) in [6.07, 6.45) is -0.229. The van der Waals surface area contributed by atoms with Crippen LogP contribution in [0.3, 0.4) is 0 Å². The van der Waals surface area contributed by atoms with Crippen LogP contribution in [0.1, 0.15) is 6.92 Å². The van der Waals surface area contributed by atoms with Gasteiger partial charge in [-0.15, -0.1) is 0 Å². The van der Waals surface area contributed by atoms with Gasteiger partial charge in [-0.1, -0.05) is 0 Å². The fraction of sp³-hybridized carbons (Fsp3) is 0.714. The number of halogens is 1. The van der Waals surface area contributed by atoms with Crippen molar-refractivity contribution in [2.75, 3.05) is 0 Å². The quantitative estimate of drug-likeness (QED) is 0.593. The molecule has 1 N–H and O–H groups in total. The second-order valence-electron chi connectivity index (χ2n) is 3.49. The fourth-order valence-corrected chi connectivity index (χ4v) is 12.2. The fourth-order valence-electron chi connectivity index (χ4n) is 0.881. The van der Waals surface area contributed by atoms with Crippen LogP contribution in [-0.2, 0) is 0 Å². The zero-order chi connectivity index (χ0) is 8.36. The van der Waals surface area contributed by atoms with Gasteiger partial charge in [0.05, 0.1) is 0 Å². The number of hydrogen-bond donors (Lipinski definition) is 1. The van der Waals surface area contributed by atoms with Gasteiger partial charge < -0.3 is 0 Å². The molecule has 0 spiro atoms. The number of aliphatic hydroxyl groups excluding tert-OH is 1. The Balaban J connectivity index is 4.40. The first-order valence-electron chi connectivity index (χ1n) is 3.38. The van der Waals surface area contributed by atoms with Crippen LogP contribution in [0, 0.1) is 0 Å². The Bertz CT molecular complexity index is 135. The first-order valence-corrected chi connectivity index (χ1v) is 14.6.